The molecule has 1 aliphatic carbocycles. The second-order valence-electron chi connectivity index (χ2n) is 6.18. The van der Waals surface area contributed by atoms with Crippen molar-refractivity contribution in [2.75, 3.05) is 0 Å². The predicted octanol–water partition coefficient (Wildman–Crippen LogP) is 3.59. The fourth-order valence-corrected chi connectivity index (χ4v) is 2.80. The van der Waals surface area contributed by atoms with E-state index in [1.807, 2.05) is 0 Å². The lowest BCUT2D eigenvalue weighted by molar-refractivity contribution is 0.126. The van der Waals surface area contributed by atoms with Crippen LogP contribution in [0.5, 0.6) is 0 Å². The minimum atomic E-state index is 0.465. The van der Waals surface area contributed by atoms with Gasteiger partial charge in [0.1, 0.15) is 0 Å². The van der Waals surface area contributed by atoms with Gasteiger partial charge in [0, 0.05) is 12.1 Å². The summed E-state index contributed by atoms with van der Waals surface area (Å²) in [5.41, 5.74) is 0.465. The first-order valence-corrected chi connectivity index (χ1v) is 6.17. The first kappa shape index (κ1) is 12.0. The van der Waals surface area contributed by atoms with E-state index in [1.54, 1.807) is 0 Å². The molecule has 0 aromatic heterocycles. The van der Waals surface area contributed by atoms with Crippen molar-refractivity contribution in [2.24, 2.45) is 11.3 Å². The van der Waals surface area contributed by atoms with Crippen molar-refractivity contribution >= 4 is 0 Å². The normalized spacial score (nSPS) is 29.6. The molecule has 0 saturated heterocycles. The van der Waals surface area contributed by atoms with Gasteiger partial charge in [-0.1, -0.05) is 47.5 Å². The molecule has 0 amide bonds. The first-order valence-electron chi connectivity index (χ1n) is 6.17. The van der Waals surface area contributed by atoms with E-state index in [0.717, 1.165) is 12.0 Å². The van der Waals surface area contributed by atoms with Crippen molar-refractivity contribution in [2.45, 2.75) is 72.4 Å². The summed E-state index contributed by atoms with van der Waals surface area (Å²) in [6.07, 6.45) is 5.63. The van der Waals surface area contributed by atoms with Crippen molar-refractivity contribution in [1.82, 2.24) is 5.32 Å². The van der Waals surface area contributed by atoms with E-state index >= 15 is 0 Å². The average Bonchev–Trinajstić information content (AvgIpc) is 2.01. The minimum absolute atomic E-state index is 0.465. The molecule has 0 unspecified atom stereocenters. The van der Waals surface area contributed by atoms with Crippen molar-refractivity contribution in [3.8, 4) is 0 Å². The molecule has 0 radical (unpaired) electrons. The zero-order valence-corrected chi connectivity index (χ0v) is 10.6. The van der Waals surface area contributed by atoms with Gasteiger partial charge in [-0.05, 0) is 24.2 Å². The van der Waals surface area contributed by atoms with Crippen LogP contribution in [0.3, 0.4) is 0 Å². The first-order chi connectivity index (χ1) is 6.41. The third-order valence-electron chi connectivity index (χ3n) is 3.43. The van der Waals surface area contributed by atoms with Crippen LogP contribution in [-0.2, 0) is 0 Å². The quantitative estimate of drug-likeness (QED) is 0.713. The van der Waals surface area contributed by atoms with E-state index in [4.69, 9.17) is 0 Å². The van der Waals surface area contributed by atoms with Crippen LogP contribution in [0.15, 0.2) is 0 Å². The third-order valence-corrected chi connectivity index (χ3v) is 3.43. The molecular weight excluding hydrogens is 170 g/mol. The number of rotatable bonds is 2. The highest BCUT2D eigenvalue weighted by atomic mass is 14.9. The Morgan fingerprint density at radius 3 is 2.14 bits per heavy atom. The van der Waals surface area contributed by atoms with Gasteiger partial charge in [-0.15, -0.1) is 0 Å². The van der Waals surface area contributed by atoms with Crippen molar-refractivity contribution in [1.29, 1.82) is 0 Å². The lowest BCUT2D eigenvalue weighted by atomic mass is 9.69. The van der Waals surface area contributed by atoms with Gasteiger partial charge >= 0.3 is 0 Å². The molecule has 0 spiro atoms. The Morgan fingerprint density at radius 1 is 1.07 bits per heavy atom. The summed E-state index contributed by atoms with van der Waals surface area (Å²) in [4.78, 5) is 0. The van der Waals surface area contributed by atoms with Gasteiger partial charge in [-0.25, -0.2) is 0 Å². The van der Waals surface area contributed by atoms with Gasteiger partial charge in [-0.3, -0.25) is 0 Å². The predicted molar refractivity (Wildman–Crippen MR) is 63.5 cm³/mol. The van der Waals surface area contributed by atoms with E-state index in [2.05, 4.69) is 39.9 Å². The zero-order chi connectivity index (χ0) is 10.8. The van der Waals surface area contributed by atoms with Crippen molar-refractivity contribution in [3.05, 3.63) is 0 Å². The van der Waals surface area contributed by atoms with E-state index in [1.165, 1.54) is 25.7 Å². The summed E-state index contributed by atoms with van der Waals surface area (Å²) in [5, 5.41) is 3.74. The largest absolute Gasteiger partial charge is 0.311 e. The summed E-state index contributed by atoms with van der Waals surface area (Å²) in [6.45, 7) is 11.7. The van der Waals surface area contributed by atoms with Crippen LogP contribution in [0.25, 0.3) is 0 Å². The smallest absolute Gasteiger partial charge is 0.0103 e. The Morgan fingerprint density at radius 2 is 1.64 bits per heavy atom. The maximum Gasteiger partial charge on any atom is 0.0103 e. The molecule has 1 heteroatoms. The summed E-state index contributed by atoms with van der Waals surface area (Å²) in [5.74, 6) is 0.860. The highest BCUT2D eigenvalue weighted by molar-refractivity contribution is 4.88. The Labute approximate surface area is 89.7 Å². The molecule has 1 fully saturated rings. The molecule has 0 aromatic carbocycles. The molecule has 0 bridgehead atoms. The van der Waals surface area contributed by atoms with Crippen LogP contribution in [0.2, 0.25) is 0 Å². The maximum absolute atomic E-state index is 3.74. The molecule has 0 aliphatic heterocycles. The van der Waals surface area contributed by atoms with Crippen LogP contribution in [-0.4, -0.2) is 12.1 Å². The lowest BCUT2D eigenvalue weighted by Gasteiger charge is -2.41. The Hall–Kier alpha value is -0.0400. The second kappa shape index (κ2) is 4.65. The summed E-state index contributed by atoms with van der Waals surface area (Å²) in [7, 11) is 0. The van der Waals surface area contributed by atoms with Crippen molar-refractivity contribution in [3.63, 3.8) is 0 Å². The van der Waals surface area contributed by atoms with E-state index in [-0.39, 0.29) is 0 Å². The van der Waals surface area contributed by atoms with Crippen LogP contribution in [0.4, 0.5) is 0 Å². The Bertz CT molecular complexity index is 167. The SMILES string of the molecule is CC(C)N[C@@H]1CCCC[C@@H]1C(C)(C)C. The molecule has 1 aliphatic rings. The van der Waals surface area contributed by atoms with Gasteiger partial charge in [0.25, 0.3) is 0 Å². The van der Waals surface area contributed by atoms with Crippen molar-refractivity contribution < 1.29 is 0 Å². The number of hydrogen-bond donors (Lipinski definition) is 1. The van der Waals surface area contributed by atoms with E-state index < -0.39 is 0 Å². The fourth-order valence-electron chi connectivity index (χ4n) is 2.80. The molecule has 1 saturated carbocycles. The van der Waals surface area contributed by atoms with Gasteiger partial charge in [0.15, 0.2) is 0 Å². The summed E-state index contributed by atoms with van der Waals surface area (Å²) < 4.78 is 0. The van der Waals surface area contributed by atoms with E-state index in [0.29, 0.717) is 11.5 Å². The topological polar surface area (TPSA) is 12.0 Å². The Balaban J connectivity index is 2.59. The maximum atomic E-state index is 3.74. The van der Waals surface area contributed by atoms with Gasteiger partial charge in [0.2, 0.25) is 0 Å². The van der Waals surface area contributed by atoms with E-state index in [9.17, 15) is 0 Å². The molecule has 84 valence electrons. The standard InChI is InChI=1S/C13H27N/c1-10(2)14-12-9-7-6-8-11(12)13(3,4)5/h10-12,14H,6-9H2,1-5H3/t11-,12+/m0/s1. The number of nitrogens with one attached hydrogen (secondary N) is 1. The number of hydrogen-bond acceptors (Lipinski definition) is 1. The Kier molecular flexibility index (Phi) is 4.00. The highest BCUT2D eigenvalue weighted by Gasteiger charge is 2.33. The molecule has 0 aromatic rings. The lowest BCUT2D eigenvalue weighted by Crippen LogP contribution is -2.46. The molecule has 14 heavy (non-hydrogen) atoms. The summed E-state index contributed by atoms with van der Waals surface area (Å²) >= 11 is 0. The van der Waals surface area contributed by atoms with Gasteiger partial charge in [0.05, 0.1) is 0 Å². The third kappa shape index (κ3) is 3.27. The minimum Gasteiger partial charge on any atom is -0.311 e. The second-order valence-corrected chi connectivity index (χ2v) is 6.18. The van der Waals surface area contributed by atoms with Crippen LogP contribution >= 0.6 is 0 Å². The monoisotopic (exact) mass is 197 g/mol. The molecule has 2 atom stereocenters. The zero-order valence-electron chi connectivity index (χ0n) is 10.6. The highest BCUT2D eigenvalue weighted by Crippen LogP contribution is 2.38. The average molecular weight is 197 g/mol. The van der Waals surface area contributed by atoms with Gasteiger partial charge in [-0.2, -0.15) is 0 Å². The van der Waals surface area contributed by atoms with Crippen LogP contribution in [0.1, 0.15) is 60.3 Å². The molecule has 0 heterocycles. The molecular formula is C13H27N. The molecule has 1 rings (SSSR count). The molecule has 1 N–H and O–H groups in total. The fraction of sp³-hybridized carbons (Fsp3) is 1.00. The summed E-state index contributed by atoms with van der Waals surface area (Å²) in [6, 6.07) is 1.38. The van der Waals surface area contributed by atoms with Gasteiger partial charge < -0.3 is 5.32 Å². The van der Waals surface area contributed by atoms with Crippen LogP contribution in [0, 0.1) is 11.3 Å². The molecule has 1 nitrogen and oxygen atoms in total. The van der Waals surface area contributed by atoms with Crippen LogP contribution < -0.4 is 5.32 Å².